The lowest BCUT2D eigenvalue weighted by Crippen LogP contribution is -2.51. The molecule has 1 N–H and O–H groups in total. The van der Waals surface area contributed by atoms with Crippen molar-refractivity contribution in [3.8, 4) is 0 Å². The highest BCUT2D eigenvalue weighted by molar-refractivity contribution is 9.10. The van der Waals surface area contributed by atoms with E-state index in [1.54, 1.807) is 0 Å². The van der Waals surface area contributed by atoms with E-state index in [9.17, 15) is 18.0 Å². The smallest absolute Gasteiger partial charge is 0.322 e. The lowest BCUT2D eigenvalue weighted by atomic mass is 10.1. The van der Waals surface area contributed by atoms with Crippen LogP contribution in [0.1, 0.15) is 19.4 Å². The predicted molar refractivity (Wildman–Crippen MR) is 91.5 cm³/mol. The number of urea groups is 1. The van der Waals surface area contributed by atoms with Crippen molar-refractivity contribution in [3.63, 3.8) is 0 Å². The Balaban J connectivity index is 2.15. The molecule has 1 aliphatic heterocycles. The fourth-order valence-electron chi connectivity index (χ4n) is 2.55. The van der Waals surface area contributed by atoms with Crippen molar-refractivity contribution < 1.29 is 18.0 Å². The number of amides is 2. The predicted octanol–water partition coefficient (Wildman–Crippen LogP) is 4.68. The van der Waals surface area contributed by atoms with Gasteiger partial charge in [0.15, 0.2) is 0 Å². The number of benzene rings is 1. The Bertz CT molecular complexity index is 617. The minimum atomic E-state index is -4.62. The van der Waals surface area contributed by atoms with Crippen molar-refractivity contribution in [2.45, 2.75) is 26.1 Å². The minimum absolute atomic E-state index is 0.161. The van der Waals surface area contributed by atoms with Gasteiger partial charge in [-0.1, -0.05) is 27.5 Å². The third kappa shape index (κ3) is 4.55. The van der Waals surface area contributed by atoms with Crippen LogP contribution in [0.4, 0.5) is 23.7 Å². The topological polar surface area (TPSA) is 35.6 Å². The van der Waals surface area contributed by atoms with E-state index in [1.165, 1.54) is 11.0 Å². The molecular formula is C15H18BrClF3N3O. The lowest BCUT2D eigenvalue weighted by molar-refractivity contribution is -0.137. The maximum atomic E-state index is 13.2. The van der Waals surface area contributed by atoms with E-state index in [1.807, 2.05) is 0 Å². The van der Waals surface area contributed by atoms with Crippen molar-refractivity contribution in [2.24, 2.45) is 0 Å². The Labute approximate surface area is 152 Å². The van der Waals surface area contributed by atoms with Gasteiger partial charge in [0.1, 0.15) is 0 Å². The molecule has 134 valence electrons. The molecule has 2 amide bonds. The molecule has 2 rings (SSSR count). The molecule has 1 heterocycles. The molecule has 0 unspecified atom stereocenters. The molecule has 0 radical (unpaired) electrons. The maximum Gasteiger partial charge on any atom is 0.418 e. The number of hydrogen-bond donors (Lipinski definition) is 1. The zero-order valence-electron chi connectivity index (χ0n) is 13.3. The molecule has 0 atom stereocenters. The number of nitrogens with zero attached hydrogens (tertiary/aromatic N) is 2. The van der Waals surface area contributed by atoms with Crippen LogP contribution in [-0.2, 0) is 6.18 Å². The van der Waals surface area contributed by atoms with Gasteiger partial charge in [0.25, 0.3) is 0 Å². The Morgan fingerprint density at radius 3 is 2.33 bits per heavy atom. The normalized spacial score (nSPS) is 16.6. The molecule has 0 spiro atoms. The van der Waals surface area contributed by atoms with Crippen molar-refractivity contribution >= 4 is 39.2 Å². The number of alkyl halides is 3. The minimum Gasteiger partial charge on any atom is -0.322 e. The molecule has 9 heteroatoms. The monoisotopic (exact) mass is 427 g/mol. The maximum absolute atomic E-state index is 13.2. The first-order chi connectivity index (χ1) is 11.1. The summed E-state index contributed by atoms with van der Waals surface area (Å²) in [5.74, 6) is 0. The molecule has 0 bridgehead atoms. The second-order valence-electron chi connectivity index (χ2n) is 5.85. The van der Waals surface area contributed by atoms with E-state index < -0.39 is 23.5 Å². The number of hydrogen-bond acceptors (Lipinski definition) is 2. The number of piperazine rings is 1. The summed E-state index contributed by atoms with van der Waals surface area (Å²) >= 11 is 8.91. The summed E-state index contributed by atoms with van der Waals surface area (Å²) in [5.41, 5.74) is -1.39. The van der Waals surface area contributed by atoms with Crippen LogP contribution in [0.3, 0.4) is 0 Å². The molecule has 0 aromatic heterocycles. The van der Waals surface area contributed by atoms with Crippen LogP contribution < -0.4 is 5.32 Å². The van der Waals surface area contributed by atoms with Gasteiger partial charge in [0, 0.05) is 36.7 Å². The Kier molecular flexibility index (Phi) is 6.04. The molecule has 0 saturated carbocycles. The fourth-order valence-corrected chi connectivity index (χ4v) is 3.41. The van der Waals surface area contributed by atoms with Gasteiger partial charge in [-0.25, -0.2) is 4.79 Å². The van der Waals surface area contributed by atoms with E-state index in [4.69, 9.17) is 11.6 Å². The van der Waals surface area contributed by atoms with Crippen molar-refractivity contribution in [3.05, 3.63) is 27.2 Å². The first kappa shape index (κ1) is 19.3. The molecule has 1 aliphatic rings. The third-order valence-electron chi connectivity index (χ3n) is 3.92. The van der Waals surface area contributed by atoms with E-state index >= 15 is 0 Å². The second kappa shape index (κ2) is 7.49. The zero-order chi connectivity index (χ0) is 18.1. The SMILES string of the molecule is CC(C)N1CCN(C(=O)Nc2c(Cl)cc(Br)cc2C(F)(F)F)CC1. The summed E-state index contributed by atoms with van der Waals surface area (Å²) < 4.78 is 39.8. The Morgan fingerprint density at radius 2 is 1.83 bits per heavy atom. The van der Waals surface area contributed by atoms with Crippen molar-refractivity contribution in [2.75, 3.05) is 31.5 Å². The third-order valence-corrected chi connectivity index (χ3v) is 4.68. The number of carbonyl (C=O) groups is 1. The molecule has 1 fully saturated rings. The van der Waals surface area contributed by atoms with Gasteiger partial charge in [-0.3, -0.25) is 4.90 Å². The van der Waals surface area contributed by atoms with Crippen LogP contribution >= 0.6 is 27.5 Å². The second-order valence-corrected chi connectivity index (χ2v) is 7.18. The number of halogens is 5. The highest BCUT2D eigenvalue weighted by Crippen LogP contribution is 2.40. The molecule has 1 aromatic carbocycles. The van der Waals surface area contributed by atoms with Gasteiger partial charge in [-0.2, -0.15) is 13.2 Å². The van der Waals surface area contributed by atoms with Gasteiger partial charge >= 0.3 is 12.2 Å². The van der Waals surface area contributed by atoms with Crippen molar-refractivity contribution in [1.82, 2.24) is 9.80 Å². The summed E-state index contributed by atoms with van der Waals surface area (Å²) in [7, 11) is 0. The highest BCUT2D eigenvalue weighted by Gasteiger charge is 2.36. The van der Waals surface area contributed by atoms with Crippen LogP contribution in [0.15, 0.2) is 16.6 Å². The van der Waals surface area contributed by atoms with Crippen LogP contribution in [0.2, 0.25) is 5.02 Å². The van der Waals surface area contributed by atoms with E-state index in [0.717, 1.165) is 6.07 Å². The summed E-state index contributed by atoms with van der Waals surface area (Å²) in [5, 5.41) is 2.16. The first-order valence-electron chi connectivity index (χ1n) is 7.46. The number of nitrogens with one attached hydrogen (secondary N) is 1. The van der Waals surface area contributed by atoms with Crippen LogP contribution in [0.5, 0.6) is 0 Å². The van der Waals surface area contributed by atoms with Gasteiger partial charge < -0.3 is 10.2 Å². The summed E-state index contributed by atoms with van der Waals surface area (Å²) in [6, 6.07) is 2.02. The number of anilines is 1. The molecule has 1 saturated heterocycles. The molecular weight excluding hydrogens is 411 g/mol. The standard InChI is InChI=1S/C15H18BrClF3N3O/c1-9(2)22-3-5-23(6-4-22)14(24)21-13-11(15(18,19)20)7-10(16)8-12(13)17/h7-9H,3-6H2,1-2H3,(H,21,24). The summed E-state index contributed by atoms with van der Waals surface area (Å²) in [6.45, 7) is 6.41. The number of rotatable bonds is 2. The molecule has 0 aliphatic carbocycles. The van der Waals surface area contributed by atoms with Gasteiger partial charge in [0.05, 0.1) is 16.3 Å². The zero-order valence-corrected chi connectivity index (χ0v) is 15.6. The molecule has 4 nitrogen and oxygen atoms in total. The fraction of sp³-hybridized carbons (Fsp3) is 0.533. The van der Waals surface area contributed by atoms with Crippen LogP contribution in [-0.4, -0.2) is 48.1 Å². The van der Waals surface area contributed by atoms with E-state index in [2.05, 4.69) is 40.0 Å². The van der Waals surface area contributed by atoms with E-state index in [-0.39, 0.29) is 9.50 Å². The van der Waals surface area contributed by atoms with Gasteiger partial charge in [-0.15, -0.1) is 0 Å². The van der Waals surface area contributed by atoms with Crippen LogP contribution in [0.25, 0.3) is 0 Å². The largest absolute Gasteiger partial charge is 0.418 e. The Hall–Kier alpha value is -0.990. The van der Waals surface area contributed by atoms with Gasteiger partial charge in [0.2, 0.25) is 0 Å². The highest BCUT2D eigenvalue weighted by atomic mass is 79.9. The quantitative estimate of drug-likeness (QED) is 0.742. The lowest BCUT2D eigenvalue weighted by Gasteiger charge is -2.37. The summed E-state index contributed by atoms with van der Waals surface area (Å²) in [4.78, 5) is 16.0. The van der Waals surface area contributed by atoms with Crippen molar-refractivity contribution in [1.29, 1.82) is 0 Å². The first-order valence-corrected chi connectivity index (χ1v) is 8.63. The van der Waals surface area contributed by atoms with Gasteiger partial charge in [-0.05, 0) is 26.0 Å². The average molecular weight is 429 g/mol. The number of carbonyl (C=O) groups excluding carboxylic acids is 1. The summed E-state index contributed by atoms with van der Waals surface area (Å²) in [6.07, 6.45) is -4.62. The average Bonchev–Trinajstić information content (AvgIpc) is 2.48. The molecule has 1 aromatic rings. The Morgan fingerprint density at radius 1 is 1.25 bits per heavy atom. The van der Waals surface area contributed by atoms with E-state index in [0.29, 0.717) is 32.2 Å². The van der Waals surface area contributed by atoms with Crippen LogP contribution in [0, 0.1) is 0 Å². The molecule has 24 heavy (non-hydrogen) atoms.